The quantitative estimate of drug-likeness (QED) is 0.380. The Balaban J connectivity index is 1.49. The first-order valence-electron chi connectivity index (χ1n) is 10.9. The number of thiophene rings is 1. The Labute approximate surface area is 193 Å². The molecule has 1 atom stereocenters. The summed E-state index contributed by atoms with van der Waals surface area (Å²) >= 11 is 1.43. The number of benzene rings is 2. The number of fused-ring (bicyclic) bond motifs is 1. The summed E-state index contributed by atoms with van der Waals surface area (Å²) in [7, 11) is 0. The highest BCUT2D eigenvalue weighted by Crippen LogP contribution is 2.25. The molecular weight excluding hydrogens is 418 g/mol. The number of carbonyl (C=O) groups excluding carboxylic acids is 1. The molecule has 0 saturated carbocycles. The van der Waals surface area contributed by atoms with Crippen LogP contribution in [0.2, 0.25) is 0 Å². The van der Waals surface area contributed by atoms with E-state index in [1.807, 2.05) is 54.8 Å². The van der Waals surface area contributed by atoms with Gasteiger partial charge in [0.1, 0.15) is 18.2 Å². The SMILES string of the molecule is CC(NC(=O)c1cccs1)c1nc2ccccc2n1CCOc1ccc(C(C)(C)C)cc1. The van der Waals surface area contributed by atoms with Crippen LogP contribution < -0.4 is 10.1 Å². The van der Waals surface area contributed by atoms with Gasteiger partial charge < -0.3 is 14.6 Å². The predicted octanol–water partition coefficient (Wildman–Crippen LogP) is 5.97. The van der Waals surface area contributed by atoms with Crippen molar-refractivity contribution >= 4 is 28.3 Å². The number of para-hydroxylation sites is 2. The molecule has 1 unspecified atom stereocenters. The molecule has 2 aromatic carbocycles. The molecule has 4 rings (SSSR count). The third-order valence-corrected chi connectivity index (χ3v) is 6.34. The van der Waals surface area contributed by atoms with Crippen molar-refractivity contribution in [1.82, 2.24) is 14.9 Å². The fourth-order valence-electron chi connectivity index (χ4n) is 3.71. The number of nitrogens with zero attached hydrogens (tertiary/aromatic N) is 2. The van der Waals surface area contributed by atoms with Crippen molar-refractivity contribution in [1.29, 1.82) is 0 Å². The summed E-state index contributed by atoms with van der Waals surface area (Å²) < 4.78 is 8.17. The summed E-state index contributed by atoms with van der Waals surface area (Å²) in [5, 5.41) is 4.98. The number of amides is 1. The number of hydrogen-bond donors (Lipinski definition) is 1. The summed E-state index contributed by atoms with van der Waals surface area (Å²) in [5.41, 5.74) is 3.34. The number of rotatable bonds is 7. The van der Waals surface area contributed by atoms with Crippen LogP contribution in [0.15, 0.2) is 66.0 Å². The summed E-state index contributed by atoms with van der Waals surface area (Å²) in [5.74, 6) is 1.59. The number of aromatic nitrogens is 2. The molecule has 0 aliphatic heterocycles. The Morgan fingerprint density at radius 1 is 1.09 bits per heavy atom. The second-order valence-corrected chi connectivity index (χ2v) is 9.85. The van der Waals surface area contributed by atoms with Crippen LogP contribution in [0.1, 0.15) is 54.8 Å². The zero-order chi connectivity index (χ0) is 22.7. The highest BCUT2D eigenvalue weighted by molar-refractivity contribution is 7.12. The fourth-order valence-corrected chi connectivity index (χ4v) is 4.33. The van der Waals surface area contributed by atoms with E-state index < -0.39 is 0 Å². The zero-order valence-corrected chi connectivity index (χ0v) is 19.8. The Bertz CT molecular complexity index is 1190. The van der Waals surface area contributed by atoms with Crippen molar-refractivity contribution in [2.45, 2.75) is 45.7 Å². The molecule has 5 nitrogen and oxygen atoms in total. The molecule has 1 amide bonds. The van der Waals surface area contributed by atoms with E-state index in [-0.39, 0.29) is 17.4 Å². The van der Waals surface area contributed by atoms with Crippen molar-refractivity contribution in [3.05, 3.63) is 82.3 Å². The van der Waals surface area contributed by atoms with Crippen LogP contribution in [0.4, 0.5) is 0 Å². The Hall–Kier alpha value is -3.12. The molecule has 0 saturated heterocycles. The molecule has 2 heterocycles. The molecule has 0 aliphatic rings. The Kier molecular flexibility index (Phi) is 6.33. The molecule has 166 valence electrons. The van der Waals surface area contributed by atoms with Gasteiger partial charge in [-0.15, -0.1) is 11.3 Å². The highest BCUT2D eigenvalue weighted by Gasteiger charge is 2.19. The van der Waals surface area contributed by atoms with Gasteiger partial charge in [0, 0.05) is 0 Å². The molecule has 0 radical (unpaired) electrons. The largest absolute Gasteiger partial charge is 0.492 e. The molecule has 0 spiro atoms. The number of imidazole rings is 1. The summed E-state index contributed by atoms with van der Waals surface area (Å²) in [6.45, 7) is 9.71. The lowest BCUT2D eigenvalue weighted by atomic mass is 9.87. The second-order valence-electron chi connectivity index (χ2n) is 8.91. The van der Waals surface area contributed by atoms with Crippen LogP contribution in [0.3, 0.4) is 0 Å². The van der Waals surface area contributed by atoms with E-state index in [0.717, 1.165) is 22.6 Å². The van der Waals surface area contributed by atoms with Gasteiger partial charge in [0.05, 0.1) is 28.5 Å². The van der Waals surface area contributed by atoms with Gasteiger partial charge >= 0.3 is 0 Å². The minimum absolute atomic E-state index is 0.0821. The molecular formula is C26H29N3O2S. The van der Waals surface area contributed by atoms with Crippen molar-refractivity contribution in [3.63, 3.8) is 0 Å². The van der Waals surface area contributed by atoms with Gasteiger partial charge in [-0.1, -0.05) is 51.1 Å². The molecule has 6 heteroatoms. The topological polar surface area (TPSA) is 56.2 Å². The number of carbonyl (C=O) groups is 1. The number of ether oxygens (including phenoxy) is 1. The minimum Gasteiger partial charge on any atom is -0.492 e. The average molecular weight is 448 g/mol. The van der Waals surface area contributed by atoms with Gasteiger partial charge in [0.2, 0.25) is 0 Å². The van der Waals surface area contributed by atoms with E-state index in [2.05, 4.69) is 48.9 Å². The zero-order valence-electron chi connectivity index (χ0n) is 19.0. The van der Waals surface area contributed by atoms with Gasteiger partial charge in [-0.3, -0.25) is 4.79 Å². The van der Waals surface area contributed by atoms with Crippen molar-refractivity contribution in [3.8, 4) is 5.75 Å². The molecule has 4 aromatic rings. The van der Waals surface area contributed by atoms with E-state index in [9.17, 15) is 4.79 Å². The highest BCUT2D eigenvalue weighted by atomic mass is 32.1. The smallest absolute Gasteiger partial charge is 0.261 e. The average Bonchev–Trinajstić information content (AvgIpc) is 3.42. The molecule has 1 N–H and O–H groups in total. The van der Waals surface area contributed by atoms with Gasteiger partial charge in [0.25, 0.3) is 5.91 Å². The van der Waals surface area contributed by atoms with Crippen molar-refractivity contribution < 1.29 is 9.53 Å². The van der Waals surface area contributed by atoms with Crippen LogP contribution in [0, 0.1) is 0 Å². The molecule has 32 heavy (non-hydrogen) atoms. The van der Waals surface area contributed by atoms with E-state index in [1.54, 1.807) is 0 Å². The van der Waals surface area contributed by atoms with E-state index in [0.29, 0.717) is 18.0 Å². The number of hydrogen-bond acceptors (Lipinski definition) is 4. The van der Waals surface area contributed by atoms with Crippen LogP contribution in [-0.2, 0) is 12.0 Å². The summed E-state index contributed by atoms with van der Waals surface area (Å²) in [6, 6.07) is 19.8. The van der Waals surface area contributed by atoms with Gasteiger partial charge in [-0.25, -0.2) is 4.98 Å². The van der Waals surface area contributed by atoms with Crippen LogP contribution in [-0.4, -0.2) is 22.1 Å². The van der Waals surface area contributed by atoms with E-state index in [4.69, 9.17) is 9.72 Å². The first-order chi connectivity index (χ1) is 15.3. The lowest BCUT2D eigenvalue weighted by Crippen LogP contribution is -2.28. The maximum atomic E-state index is 12.6. The molecule has 0 bridgehead atoms. The van der Waals surface area contributed by atoms with Gasteiger partial charge in [-0.2, -0.15) is 0 Å². The van der Waals surface area contributed by atoms with Crippen LogP contribution in [0.25, 0.3) is 11.0 Å². The molecule has 2 aromatic heterocycles. The third-order valence-electron chi connectivity index (χ3n) is 5.47. The van der Waals surface area contributed by atoms with Crippen molar-refractivity contribution in [2.24, 2.45) is 0 Å². The monoisotopic (exact) mass is 447 g/mol. The lowest BCUT2D eigenvalue weighted by molar-refractivity contribution is 0.0941. The molecule has 0 fully saturated rings. The fraction of sp³-hybridized carbons (Fsp3) is 0.308. The minimum atomic E-state index is -0.233. The first kappa shape index (κ1) is 22.1. The van der Waals surface area contributed by atoms with Gasteiger partial charge in [-0.05, 0) is 53.6 Å². The third kappa shape index (κ3) is 4.86. The Morgan fingerprint density at radius 3 is 2.53 bits per heavy atom. The molecule has 0 aliphatic carbocycles. The summed E-state index contributed by atoms with van der Waals surface area (Å²) in [4.78, 5) is 18.1. The lowest BCUT2D eigenvalue weighted by Gasteiger charge is -2.19. The normalized spacial score (nSPS) is 12.6. The number of nitrogens with one attached hydrogen (secondary N) is 1. The van der Waals surface area contributed by atoms with E-state index >= 15 is 0 Å². The maximum Gasteiger partial charge on any atom is 0.261 e. The summed E-state index contributed by atoms with van der Waals surface area (Å²) in [6.07, 6.45) is 0. The predicted molar refractivity (Wildman–Crippen MR) is 131 cm³/mol. The van der Waals surface area contributed by atoms with E-state index in [1.165, 1.54) is 16.9 Å². The maximum absolute atomic E-state index is 12.6. The van der Waals surface area contributed by atoms with Crippen LogP contribution in [0.5, 0.6) is 5.75 Å². The van der Waals surface area contributed by atoms with Crippen molar-refractivity contribution in [2.75, 3.05) is 6.61 Å². The Morgan fingerprint density at radius 2 is 1.84 bits per heavy atom. The second kappa shape index (κ2) is 9.17. The standard InChI is InChI=1S/C26H29N3O2S/c1-18(27-25(30)23-10-7-17-32-23)24-28-21-8-5-6-9-22(21)29(24)15-16-31-20-13-11-19(12-14-20)26(2,3)4/h5-14,17-18H,15-16H2,1-4H3,(H,27,30). The first-order valence-corrected chi connectivity index (χ1v) is 11.7. The van der Waals surface area contributed by atoms with Crippen LogP contribution >= 0.6 is 11.3 Å². The van der Waals surface area contributed by atoms with Gasteiger partial charge in [0.15, 0.2) is 0 Å².